The first-order chi connectivity index (χ1) is 7.64. The fourth-order valence-corrected chi connectivity index (χ4v) is 2.06. The van der Waals surface area contributed by atoms with Crippen LogP contribution >= 0.6 is 0 Å². The summed E-state index contributed by atoms with van der Waals surface area (Å²) >= 11 is 0. The second-order valence-electron chi connectivity index (χ2n) is 4.03. The van der Waals surface area contributed by atoms with Crippen LogP contribution in [0.25, 0.3) is 0 Å². The molecule has 0 aromatic heterocycles. The first-order valence-electron chi connectivity index (χ1n) is 5.12. The summed E-state index contributed by atoms with van der Waals surface area (Å²) in [4.78, 5) is 0. The maximum absolute atomic E-state index is 13.6. The molecular formula is C12H12FNO2. The number of hydrogen-bond donors (Lipinski definition) is 1. The van der Waals surface area contributed by atoms with Crippen molar-refractivity contribution >= 4 is 0 Å². The number of halogens is 1. The van der Waals surface area contributed by atoms with E-state index in [1.165, 1.54) is 13.2 Å². The van der Waals surface area contributed by atoms with Gasteiger partial charge in [0.25, 0.3) is 0 Å². The summed E-state index contributed by atoms with van der Waals surface area (Å²) in [6.45, 7) is 0. The van der Waals surface area contributed by atoms with Gasteiger partial charge in [-0.2, -0.15) is 9.65 Å². The summed E-state index contributed by atoms with van der Waals surface area (Å²) in [5.74, 6) is -1.25. The molecule has 1 aromatic carbocycles. The Kier molecular flexibility index (Phi) is 2.47. The molecule has 0 heterocycles. The van der Waals surface area contributed by atoms with Gasteiger partial charge in [-0.05, 0) is 31.4 Å². The SMILES string of the molecule is COc1ccc(C2(C#N)CCC2)c(O)c1F. The summed E-state index contributed by atoms with van der Waals surface area (Å²) in [6.07, 6.45) is 2.27. The van der Waals surface area contributed by atoms with E-state index in [0.29, 0.717) is 18.4 Å². The lowest BCUT2D eigenvalue weighted by Gasteiger charge is -2.36. The van der Waals surface area contributed by atoms with Gasteiger partial charge in [-0.1, -0.05) is 0 Å². The molecule has 1 aliphatic carbocycles. The number of methoxy groups -OCH3 is 1. The number of benzene rings is 1. The van der Waals surface area contributed by atoms with Gasteiger partial charge in [0.2, 0.25) is 5.82 Å². The summed E-state index contributed by atoms with van der Waals surface area (Å²) in [5, 5.41) is 18.9. The van der Waals surface area contributed by atoms with Gasteiger partial charge in [-0.15, -0.1) is 0 Å². The minimum absolute atomic E-state index is 0.00587. The molecule has 0 unspecified atom stereocenters. The van der Waals surface area contributed by atoms with Crippen LogP contribution in [-0.4, -0.2) is 12.2 Å². The summed E-state index contributed by atoms with van der Waals surface area (Å²) in [6, 6.07) is 5.18. The van der Waals surface area contributed by atoms with Gasteiger partial charge in [0.15, 0.2) is 11.5 Å². The van der Waals surface area contributed by atoms with E-state index in [1.54, 1.807) is 6.07 Å². The summed E-state index contributed by atoms with van der Waals surface area (Å²) in [5.41, 5.74) is -0.337. The van der Waals surface area contributed by atoms with Gasteiger partial charge < -0.3 is 9.84 Å². The number of phenols is 1. The summed E-state index contributed by atoms with van der Waals surface area (Å²) in [7, 11) is 1.33. The maximum atomic E-state index is 13.6. The van der Waals surface area contributed by atoms with Crippen LogP contribution in [0.4, 0.5) is 4.39 Å². The Bertz CT molecular complexity index is 461. The van der Waals surface area contributed by atoms with E-state index in [1.807, 2.05) is 0 Å². The molecule has 16 heavy (non-hydrogen) atoms. The van der Waals surface area contributed by atoms with Crippen LogP contribution in [0.1, 0.15) is 24.8 Å². The van der Waals surface area contributed by atoms with Gasteiger partial charge in [-0.25, -0.2) is 0 Å². The Morgan fingerprint density at radius 2 is 2.19 bits per heavy atom. The normalized spacial score (nSPS) is 17.3. The van der Waals surface area contributed by atoms with Gasteiger partial charge in [-0.3, -0.25) is 0 Å². The molecule has 3 nitrogen and oxygen atoms in total. The van der Waals surface area contributed by atoms with Crippen LogP contribution in [0, 0.1) is 17.1 Å². The second kappa shape index (κ2) is 3.67. The predicted octanol–water partition coefficient (Wildman–Crippen LogP) is 2.49. The minimum atomic E-state index is -0.790. The fourth-order valence-electron chi connectivity index (χ4n) is 2.06. The molecule has 0 atom stereocenters. The molecule has 0 bridgehead atoms. The first kappa shape index (κ1) is 10.7. The Balaban J connectivity index is 2.52. The fraction of sp³-hybridized carbons (Fsp3) is 0.417. The van der Waals surface area contributed by atoms with Crippen molar-refractivity contribution in [3.63, 3.8) is 0 Å². The van der Waals surface area contributed by atoms with Crippen molar-refractivity contribution in [1.29, 1.82) is 5.26 Å². The topological polar surface area (TPSA) is 53.2 Å². The van der Waals surface area contributed by atoms with Crippen molar-refractivity contribution in [1.82, 2.24) is 0 Å². The van der Waals surface area contributed by atoms with Crippen molar-refractivity contribution in [2.75, 3.05) is 7.11 Å². The molecule has 1 fully saturated rings. The zero-order valence-electron chi connectivity index (χ0n) is 8.96. The quantitative estimate of drug-likeness (QED) is 0.834. The molecule has 4 heteroatoms. The van der Waals surface area contributed by atoms with Crippen molar-refractivity contribution in [3.05, 3.63) is 23.5 Å². The van der Waals surface area contributed by atoms with Gasteiger partial charge in [0.05, 0.1) is 18.6 Å². The average molecular weight is 221 g/mol. The standard InChI is InChI=1S/C12H12FNO2/c1-16-9-4-3-8(11(15)10(9)13)12(7-14)5-2-6-12/h3-4,15H,2,5-6H2,1H3. The molecule has 1 N–H and O–H groups in total. The van der Waals surface area contributed by atoms with E-state index in [-0.39, 0.29) is 5.75 Å². The van der Waals surface area contributed by atoms with Gasteiger partial charge in [0.1, 0.15) is 0 Å². The van der Waals surface area contributed by atoms with Crippen LogP contribution in [-0.2, 0) is 5.41 Å². The molecule has 84 valence electrons. The summed E-state index contributed by atoms with van der Waals surface area (Å²) < 4.78 is 18.4. The number of nitriles is 1. The molecule has 0 radical (unpaired) electrons. The highest BCUT2D eigenvalue weighted by molar-refractivity contribution is 5.49. The highest BCUT2D eigenvalue weighted by atomic mass is 19.1. The number of aromatic hydroxyl groups is 1. The van der Waals surface area contributed by atoms with E-state index in [9.17, 15) is 9.50 Å². The van der Waals surface area contributed by atoms with Crippen LogP contribution in [0.5, 0.6) is 11.5 Å². The van der Waals surface area contributed by atoms with Gasteiger partial charge >= 0.3 is 0 Å². The van der Waals surface area contributed by atoms with Crippen molar-refractivity contribution < 1.29 is 14.2 Å². The van der Waals surface area contributed by atoms with Gasteiger partial charge in [0, 0.05) is 5.56 Å². The molecule has 2 rings (SSSR count). The zero-order chi connectivity index (χ0) is 11.8. The Labute approximate surface area is 93.1 Å². The molecule has 0 saturated heterocycles. The van der Waals surface area contributed by atoms with Crippen molar-refractivity contribution in [2.45, 2.75) is 24.7 Å². The van der Waals surface area contributed by atoms with E-state index in [0.717, 1.165) is 6.42 Å². The van der Waals surface area contributed by atoms with E-state index in [4.69, 9.17) is 10.00 Å². The largest absolute Gasteiger partial charge is 0.504 e. The average Bonchev–Trinajstić information content (AvgIpc) is 2.23. The first-order valence-corrected chi connectivity index (χ1v) is 5.12. The molecular weight excluding hydrogens is 209 g/mol. The third kappa shape index (κ3) is 1.32. The lowest BCUT2D eigenvalue weighted by atomic mass is 9.65. The maximum Gasteiger partial charge on any atom is 0.206 e. The number of phenolic OH excluding ortho intramolecular Hbond substituents is 1. The third-order valence-corrected chi connectivity index (χ3v) is 3.24. The molecule has 1 aromatic rings. The van der Waals surface area contributed by atoms with Crippen molar-refractivity contribution in [2.24, 2.45) is 0 Å². The zero-order valence-corrected chi connectivity index (χ0v) is 8.96. The highest BCUT2D eigenvalue weighted by Gasteiger charge is 2.41. The lowest BCUT2D eigenvalue weighted by Crippen LogP contribution is -2.32. The Hall–Kier alpha value is -1.76. The molecule has 0 amide bonds. The number of ether oxygens (including phenoxy) is 1. The van der Waals surface area contributed by atoms with Crippen LogP contribution < -0.4 is 4.74 Å². The number of rotatable bonds is 2. The van der Waals surface area contributed by atoms with Crippen LogP contribution in [0.15, 0.2) is 12.1 Å². The van der Waals surface area contributed by atoms with E-state index in [2.05, 4.69) is 6.07 Å². The Morgan fingerprint density at radius 1 is 1.50 bits per heavy atom. The Morgan fingerprint density at radius 3 is 2.62 bits per heavy atom. The monoisotopic (exact) mass is 221 g/mol. The molecule has 1 saturated carbocycles. The molecule has 1 aliphatic rings. The molecule has 0 spiro atoms. The second-order valence-corrected chi connectivity index (χ2v) is 4.03. The molecule has 0 aliphatic heterocycles. The smallest absolute Gasteiger partial charge is 0.206 e. The van der Waals surface area contributed by atoms with Crippen molar-refractivity contribution in [3.8, 4) is 17.6 Å². The van der Waals surface area contributed by atoms with E-state index >= 15 is 0 Å². The van der Waals surface area contributed by atoms with Crippen LogP contribution in [0.3, 0.4) is 0 Å². The predicted molar refractivity (Wildman–Crippen MR) is 55.8 cm³/mol. The highest BCUT2D eigenvalue weighted by Crippen LogP contribution is 2.48. The van der Waals surface area contributed by atoms with Crippen LogP contribution in [0.2, 0.25) is 0 Å². The third-order valence-electron chi connectivity index (χ3n) is 3.24. The minimum Gasteiger partial charge on any atom is -0.504 e. The van der Waals surface area contributed by atoms with E-state index < -0.39 is 17.0 Å². The number of nitrogens with zero attached hydrogens (tertiary/aromatic N) is 1. The number of hydrogen-bond acceptors (Lipinski definition) is 3. The lowest BCUT2D eigenvalue weighted by molar-refractivity contribution is 0.301.